The van der Waals surface area contributed by atoms with Crippen molar-refractivity contribution in [2.45, 2.75) is 19.4 Å². The lowest BCUT2D eigenvalue weighted by molar-refractivity contribution is -0.142. The van der Waals surface area contributed by atoms with Gasteiger partial charge in [0.05, 0.1) is 32.1 Å². The average molecular weight is 410 g/mol. The first-order valence-corrected chi connectivity index (χ1v) is 10.3. The Morgan fingerprint density at radius 2 is 1.80 bits per heavy atom. The number of ether oxygens (including phenoxy) is 3. The Hall–Kier alpha value is -3.06. The normalized spacial score (nSPS) is 18.4. The molecule has 2 aliphatic rings. The first-order chi connectivity index (χ1) is 14.7. The standard InChI is InChI=1S/C23H26N2O5/c1-2-13-29-18-9-7-17(8-10-18)22(26)25-16-21(23(27)24-11-14-28-15-12-24)30-20-6-4-3-5-19(20)25/h3-10,21H,2,11-16H2,1H3/t21-/m0/s1. The van der Waals surface area contributed by atoms with Crippen LogP contribution in [-0.2, 0) is 9.53 Å². The van der Waals surface area contributed by atoms with E-state index in [1.54, 1.807) is 40.1 Å². The van der Waals surface area contributed by atoms with Crippen LogP contribution in [0.4, 0.5) is 5.69 Å². The molecule has 0 unspecified atom stereocenters. The molecular formula is C23H26N2O5. The molecular weight excluding hydrogens is 384 g/mol. The van der Waals surface area contributed by atoms with Gasteiger partial charge in [-0.25, -0.2) is 0 Å². The minimum atomic E-state index is -0.742. The summed E-state index contributed by atoms with van der Waals surface area (Å²) in [5.74, 6) is 0.976. The van der Waals surface area contributed by atoms with Crippen molar-refractivity contribution in [1.29, 1.82) is 0 Å². The largest absolute Gasteiger partial charge is 0.494 e. The summed E-state index contributed by atoms with van der Waals surface area (Å²) in [4.78, 5) is 29.7. The topological polar surface area (TPSA) is 68.3 Å². The molecule has 2 aromatic carbocycles. The number of nitrogens with zero attached hydrogens (tertiary/aromatic N) is 2. The van der Waals surface area contributed by atoms with Crippen LogP contribution < -0.4 is 14.4 Å². The molecule has 158 valence electrons. The number of fused-ring (bicyclic) bond motifs is 1. The zero-order valence-corrected chi connectivity index (χ0v) is 17.1. The summed E-state index contributed by atoms with van der Waals surface area (Å²) in [5, 5.41) is 0. The zero-order valence-electron chi connectivity index (χ0n) is 17.1. The number of para-hydroxylation sites is 2. The Morgan fingerprint density at radius 1 is 1.07 bits per heavy atom. The van der Waals surface area contributed by atoms with Crippen molar-refractivity contribution >= 4 is 17.5 Å². The minimum absolute atomic E-state index is 0.117. The first-order valence-electron chi connectivity index (χ1n) is 10.3. The van der Waals surface area contributed by atoms with Gasteiger partial charge >= 0.3 is 0 Å². The van der Waals surface area contributed by atoms with E-state index in [0.717, 1.165) is 12.2 Å². The Labute approximate surface area is 176 Å². The van der Waals surface area contributed by atoms with Crippen molar-refractivity contribution < 1.29 is 23.8 Å². The number of benzene rings is 2. The quantitative estimate of drug-likeness (QED) is 0.758. The molecule has 4 rings (SSSR count). The number of carbonyl (C=O) groups excluding carboxylic acids is 2. The number of carbonyl (C=O) groups is 2. The summed E-state index contributed by atoms with van der Waals surface area (Å²) in [6.07, 6.45) is 0.179. The first kappa shape index (κ1) is 20.2. The third-order valence-electron chi connectivity index (χ3n) is 5.19. The van der Waals surface area contributed by atoms with Gasteiger partial charge in [0, 0.05) is 18.7 Å². The molecule has 30 heavy (non-hydrogen) atoms. The second-order valence-electron chi connectivity index (χ2n) is 7.30. The predicted molar refractivity (Wildman–Crippen MR) is 112 cm³/mol. The maximum atomic E-state index is 13.3. The molecule has 2 aromatic rings. The second kappa shape index (κ2) is 9.17. The molecule has 2 heterocycles. The van der Waals surface area contributed by atoms with Crippen molar-refractivity contribution in [3.8, 4) is 11.5 Å². The molecule has 1 saturated heterocycles. The highest BCUT2D eigenvalue weighted by molar-refractivity contribution is 6.08. The van der Waals surface area contributed by atoms with E-state index in [1.165, 1.54) is 0 Å². The third-order valence-corrected chi connectivity index (χ3v) is 5.19. The van der Waals surface area contributed by atoms with E-state index < -0.39 is 6.10 Å². The molecule has 2 amide bonds. The number of rotatable bonds is 5. The van der Waals surface area contributed by atoms with E-state index in [4.69, 9.17) is 14.2 Å². The van der Waals surface area contributed by atoms with Gasteiger partial charge in [-0.15, -0.1) is 0 Å². The maximum absolute atomic E-state index is 13.3. The Bertz CT molecular complexity index is 893. The van der Waals surface area contributed by atoms with E-state index in [2.05, 4.69) is 0 Å². The highest BCUT2D eigenvalue weighted by Crippen LogP contribution is 2.34. The monoisotopic (exact) mass is 410 g/mol. The van der Waals surface area contributed by atoms with Gasteiger partial charge in [-0.3, -0.25) is 9.59 Å². The van der Waals surface area contributed by atoms with Crippen molar-refractivity contribution in [2.75, 3.05) is 44.4 Å². The number of hydrogen-bond acceptors (Lipinski definition) is 5. The Morgan fingerprint density at radius 3 is 2.53 bits per heavy atom. The van der Waals surface area contributed by atoms with Crippen LogP contribution in [0.5, 0.6) is 11.5 Å². The molecule has 0 bridgehead atoms. The van der Waals surface area contributed by atoms with Crippen LogP contribution >= 0.6 is 0 Å². The summed E-state index contributed by atoms with van der Waals surface area (Å²) in [5.41, 5.74) is 1.20. The fourth-order valence-corrected chi connectivity index (χ4v) is 3.61. The van der Waals surface area contributed by atoms with Gasteiger partial charge in [0.25, 0.3) is 11.8 Å². The average Bonchev–Trinajstić information content (AvgIpc) is 2.82. The summed E-state index contributed by atoms with van der Waals surface area (Å²) in [6.45, 7) is 4.95. The maximum Gasteiger partial charge on any atom is 0.265 e. The van der Waals surface area contributed by atoms with Crippen LogP contribution in [0.2, 0.25) is 0 Å². The predicted octanol–water partition coefficient (Wildman–Crippen LogP) is 2.74. The van der Waals surface area contributed by atoms with Crippen LogP contribution in [0.1, 0.15) is 23.7 Å². The van der Waals surface area contributed by atoms with Crippen molar-refractivity contribution in [2.24, 2.45) is 0 Å². The molecule has 1 fully saturated rings. The van der Waals surface area contributed by atoms with Crippen molar-refractivity contribution in [3.63, 3.8) is 0 Å². The lowest BCUT2D eigenvalue weighted by atomic mass is 10.1. The van der Waals surface area contributed by atoms with E-state index in [9.17, 15) is 9.59 Å². The van der Waals surface area contributed by atoms with Gasteiger partial charge in [-0.1, -0.05) is 19.1 Å². The molecule has 0 radical (unpaired) electrons. The smallest absolute Gasteiger partial charge is 0.265 e. The lowest BCUT2D eigenvalue weighted by Gasteiger charge is -2.37. The molecule has 0 spiro atoms. The van der Waals surface area contributed by atoms with Crippen LogP contribution in [0.15, 0.2) is 48.5 Å². The van der Waals surface area contributed by atoms with E-state index in [1.807, 2.05) is 25.1 Å². The van der Waals surface area contributed by atoms with Gasteiger partial charge < -0.3 is 24.0 Å². The Balaban J connectivity index is 1.56. The van der Waals surface area contributed by atoms with Gasteiger partial charge in [0.15, 0.2) is 6.10 Å². The lowest BCUT2D eigenvalue weighted by Crippen LogP contribution is -2.54. The number of anilines is 1. The van der Waals surface area contributed by atoms with Gasteiger partial charge in [-0.05, 0) is 42.8 Å². The summed E-state index contributed by atoms with van der Waals surface area (Å²) < 4.78 is 16.9. The van der Waals surface area contributed by atoms with Crippen LogP contribution in [0, 0.1) is 0 Å². The van der Waals surface area contributed by atoms with E-state index >= 15 is 0 Å². The molecule has 0 aliphatic carbocycles. The second-order valence-corrected chi connectivity index (χ2v) is 7.30. The molecule has 1 atom stereocenters. The van der Waals surface area contributed by atoms with Crippen LogP contribution in [-0.4, -0.2) is 62.3 Å². The highest BCUT2D eigenvalue weighted by Gasteiger charge is 2.36. The summed E-state index contributed by atoms with van der Waals surface area (Å²) in [7, 11) is 0. The van der Waals surface area contributed by atoms with Crippen molar-refractivity contribution in [1.82, 2.24) is 4.90 Å². The van der Waals surface area contributed by atoms with Crippen LogP contribution in [0.3, 0.4) is 0 Å². The Kier molecular flexibility index (Phi) is 6.18. The van der Waals surface area contributed by atoms with E-state index in [0.29, 0.717) is 49.9 Å². The molecule has 0 aromatic heterocycles. The minimum Gasteiger partial charge on any atom is -0.494 e. The van der Waals surface area contributed by atoms with Gasteiger partial charge in [0.1, 0.15) is 11.5 Å². The fourth-order valence-electron chi connectivity index (χ4n) is 3.61. The molecule has 7 heteroatoms. The third kappa shape index (κ3) is 4.26. The van der Waals surface area contributed by atoms with E-state index in [-0.39, 0.29) is 18.4 Å². The molecule has 0 N–H and O–H groups in total. The number of amides is 2. The summed E-state index contributed by atoms with van der Waals surface area (Å²) in [6, 6.07) is 14.4. The summed E-state index contributed by atoms with van der Waals surface area (Å²) >= 11 is 0. The molecule has 0 saturated carbocycles. The zero-order chi connectivity index (χ0) is 20.9. The molecule has 2 aliphatic heterocycles. The van der Waals surface area contributed by atoms with Crippen LogP contribution in [0.25, 0.3) is 0 Å². The SMILES string of the molecule is CCCOc1ccc(C(=O)N2C[C@@H](C(=O)N3CCOCC3)Oc3ccccc32)cc1. The number of morpholine rings is 1. The van der Waals surface area contributed by atoms with Crippen molar-refractivity contribution in [3.05, 3.63) is 54.1 Å². The fraction of sp³-hybridized carbons (Fsp3) is 0.391. The highest BCUT2D eigenvalue weighted by atomic mass is 16.5. The van der Waals surface area contributed by atoms with Gasteiger partial charge in [0.2, 0.25) is 0 Å². The molecule has 7 nitrogen and oxygen atoms in total. The van der Waals surface area contributed by atoms with Gasteiger partial charge in [-0.2, -0.15) is 0 Å². The number of hydrogen-bond donors (Lipinski definition) is 0.